The van der Waals surface area contributed by atoms with E-state index >= 15 is 0 Å². The average molecular weight is 455 g/mol. The molecular formula is C25H28Cl2N4. The molecule has 5 rings (SSSR count). The van der Waals surface area contributed by atoms with Crippen molar-refractivity contribution in [3.8, 4) is 5.69 Å². The Morgan fingerprint density at radius 2 is 1.77 bits per heavy atom. The third-order valence-corrected chi connectivity index (χ3v) is 6.85. The van der Waals surface area contributed by atoms with Crippen LogP contribution in [-0.2, 0) is 13.0 Å². The van der Waals surface area contributed by atoms with Gasteiger partial charge >= 0.3 is 0 Å². The number of nitrogens with one attached hydrogen (secondary N) is 1. The molecule has 0 amide bonds. The second-order valence-corrected chi connectivity index (χ2v) is 9.48. The number of piperidine rings is 1. The molecule has 2 aromatic carbocycles. The van der Waals surface area contributed by atoms with Crippen LogP contribution in [0, 0.1) is 0 Å². The molecule has 2 aliphatic rings. The van der Waals surface area contributed by atoms with Gasteiger partial charge in [0.15, 0.2) is 0 Å². The second-order valence-electron chi connectivity index (χ2n) is 8.60. The van der Waals surface area contributed by atoms with E-state index in [-0.39, 0.29) is 0 Å². The summed E-state index contributed by atoms with van der Waals surface area (Å²) in [5.41, 5.74) is 4.86. The molecule has 0 bridgehead atoms. The molecule has 1 atom stereocenters. The molecular weight excluding hydrogens is 427 g/mol. The quantitative estimate of drug-likeness (QED) is 0.478. The molecule has 3 aromatic rings. The number of anilines is 1. The smallest absolute Gasteiger partial charge is 0.133 e. The number of hydrogen-bond donors (Lipinski definition) is 1. The Kier molecular flexibility index (Phi) is 6.22. The van der Waals surface area contributed by atoms with E-state index in [2.05, 4.69) is 40.5 Å². The average Bonchev–Trinajstić information content (AvgIpc) is 2.95. The first-order valence-electron chi connectivity index (χ1n) is 11.3. The highest BCUT2D eigenvalue weighted by atomic mass is 35.5. The minimum Gasteiger partial charge on any atom is -0.370 e. The first kappa shape index (κ1) is 20.9. The fraction of sp³-hybridized carbons (Fsp3) is 0.400. The molecule has 0 spiro atoms. The highest BCUT2D eigenvalue weighted by molar-refractivity contribution is 6.34. The highest BCUT2D eigenvalue weighted by Gasteiger charge is 2.31. The van der Waals surface area contributed by atoms with Crippen molar-refractivity contribution in [3.63, 3.8) is 0 Å². The van der Waals surface area contributed by atoms with E-state index in [4.69, 9.17) is 28.3 Å². The van der Waals surface area contributed by atoms with Crippen LogP contribution < -0.4 is 5.32 Å². The summed E-state index contributed by atoms with van der Waals surface area (Å²) in [4.78, 5) is 2.61. The zero-order valence-electron chi connectivity index (χ0n) is 17.7. The molecule has 0 saturated carbocycles. The van der Waals surface area contributed by atoms with Gasteiger partial charge in [-0.05, 0) is 62.4 Å². The summed E-state index contributed by atoms with van der Waals surface area (Å²) >= 11 is 12.7. The Balaban J connectivity index is 1.56. The molecule has 0 aliphatic carbocycles. The van der Waals surface area contributed by atoms with Crippen LogP contribution in [0.1, 0.15) is 55.0 Å². The number of nitrogens with zero attached hydrogens (tertiary/aromatic N) is 3. The lowest BCUT2D eigenvalue weighted by molar-refractivity contribution is 0.136. The lowest BCUT2D eigenvalue weighted by Crippen LogP contribution is -2.33. The van der Waals surface area contributed by atoms with Gasteiger partial charge in [0.05, 0.1) is 17.4 Å². The van der Waals surface area contributed by atoms with Crippen LogP contribution in [-0.4, -0.2) is 27.8 Å². The Bertz CT molecular complexity index is 1030. The predicted octanol–water partition coefficient (Wildman–Crippen LogP) is 6.65. The third kappa shape index (κ3) is 4.48. The molecule has 31 heavy (non-hydrogen) atoms. The van der Waals surface area contributed by atoms with Gasteiger partial charge in [-0.3, -0.25) is 4.90 Å². The molecule has 0 radical (unpaired) electrons. The SMILES string of the molecule is Clc1cc(Cl)cc(-n2nc(C3CCCCN3Cc3ccccc3)c3c2NCCCC3)c1. The number of rotatable bonds is 4. The van der Waals surface area contributed by atoms with Gasteiger partial charge in [-0.2, -0.15) is 5.10 Å². The molecule has 1 unspecified atom stereocenters. The van der Waals surface area contributed by atoms with E-state index in [1.165, 1.54) is 42.5 Å². The Morgan fingerprint density at radius 1 is 0.968 bits per heavy atom. The zero-order valence-corrected chi connectivity index (χ0v) is 19.2. The summed E-state index contributed by atoms with van der Waals surface area (Å²) in [7, 11) is 0. The summed E-state index contributed by atoms with van der Waals surface area (Å²) in [6, 6.07) is 16.8. The molecule has 6 heteroatoms. The number of benzene rings is 2. The number of fused-ring (bicyclic) bond motifs is 1. The van der Waals surface area contributed by atoms with E-state index in [9.17, 15) is 0 Å². The molecule has 1 saturated heterocycles. The van der Waals surface area contributed by atoms with Gasteiger partial charge in [0.25, 0.3) is 0 Å². The minimum atomic E-state index is 0.332. The van der Waals surface area contributed by atoms with Crippen LogP contribution >= 0.6 is 23.2 Å². The molecule has 4 nitrogen and oxygen atoms in total. The monoisotopic (exact) mass is 454 g/mol. The molecule has 1 N–H and O–H groups in total. The van der Waals surface area contributed by atoms with Crippen LogP contribution in [0.2, 0.25) is 10.0 Å². The van der Waals surface area contributed by atoms with E-state index < -0.39 is 0 Å². The van der Waals surface area contributed by atoms with E-state index in [1.54, 1.807) is 6.07 Å². The summed E-state index contributed by atoms with van der Waals surface area (Å²) in [5.74, 6) is 1.11. The zero-order chi connectivity index (χ0) is 21.2. The van der Waals surface area contributed by atoms with Crippen LogP contribution in [0.25, 0.3) is 5.69 Å². The number of aromatic nitrogens is 2. The van der Waals surface area contributed by atoms with E-state index in [0.717, 1.165) is 44.0 Å². The van der Waals surface area contributed by atoms with Gasteiger partial charge in [-0.25, -0.2) is 4.68 Å². The number of hydrogen-bond acceptors (Lipinski definition) is 3. The van der Waals surface area contributed by atoms with Crippen LogP contribution in [0.15, 0.2) is 48.5 Å². The predicted molar refractivity (Wildman–Crippen MR) is 128 cm³/mol. The van der Waals surface area contributed by atoms with Crippen LogP contribution in [0.5, 0.6) is 0 Å². The summed E-state index contributed by atoms with van der Waals surface area (Å²) in [5, 5.41) is 10.1. The van der Waals surface area contributed by atoms with Crippen molar-refractivity contribution in [1.29, 1.82) is 0 Å². The molecule has 1 aromatic heterocycles. The van der Waals surface area contributed by atoms with Gasteiger partial charge in [0, 0.05) is 28.7 Å². The Hall–Kier alpha value is -2.01. The highest BCUT2D eigenvalue weighted by Crippen LogP contribution is 2.38. The van der Waals surface area contributed by atoms with Crippen molar-refractivity contribution >= 4 is 29.0 Å². The number of likely N-dealkylation sites (tertiary alicyclic amines) is 1. The van der Waals surface area contributed by atoms with E-state index in [0.29, 0.717) is 16.1 Å². The van der Waals surface area contributed by atoms with Crippen LogP contribution in [0.4, 0.5) is 5.82 Å². The maximum absolute atomic E-state index is 6.33. The maximum atomic E-state index is 6.33. The van der Waals surface area contributed by atoms with Crippen molar-refractivity contribution in [3.05, 3.63) is 75.4 Å². The standard InChI is InChI=1S/C25H28Cl2N4/c26-19-14-20(27)16-21(15-19)31-25-22(10-4-6-12-28-25)24(29-31)23-11-5-7-13-30(23)17-18-8-2-1-3-9-18/h1-3,8-9,14-16,23,28H,4-7,10-13,17H2. The maximum Gasteiger partial charge on any atom is 0.133 e. The number of halogens is 2. The fourth-order valence-electron chi connectivity index (χ4n) is 4.95. The summed E-state index contributed by atoms with van der Waals surface area (Å²) in [6.07, 6.45) is 7.04. The van der Waals surface area contributed by atoms with Crippen molar-refractivity contribution < 1.29 is 0 Å². The molecule has 2 aliphatic heterocycles. The normalized spacial score (nSPS) is 19.5. The summed E-state index contributed by atoms with van der Waals surface area (Å²) < 4.78 is 2.03. The third-order valence-electron chi connectivity index (χ3n) is 6.41. The molecule has 162 valence electrons. The van der Waals surface area contributed by atoms with Gasteiger partial charge in [-0.15, -0.1) is 0 Å². The van der Waals surface area contributed by atoms with Crippen LogP contribution in [0.3, 0.4) is 0 Å². The largest absolute Gasteiger partial charge is 0.370 e. The van der Waals surface area contributed by atoms with Gasteiger partial charge < -0.3 is 5.32 Å². The van der Waals surface area contributed by atoms with Crippen molar-refractivity contribution in [1.82, 2.24) is 14.7 Å². The van der Waals surface area contributed by atoms with Crippen molar-refractivity contribution in [2.24, 2.45) is 0 Å². The topological polar surface area (TPSA) is 33.1 Å². The molecule has 1 fully saturated rings. The van der Waals surface area contributed by atoms with Gasteiger partial charge in [0.1, 0.15) is 5.82 Å². The van der Waals surface area contributed by atoms with Crippen molar-refractivity contribution in [2.45, 2.75) is 51.1 Å². The Labute approximate surface area is 194 Å². The lowest BCUT2D eigenvalue weighted by Gasteiger charge is -2.35. The first-order chi connectivity index (χ1) is 15.2. The molecule has 3 heterocycles. The minimum absolute atomic E-state index is 0.332. The van der Waals surface area contributed by atoms with Gasteiger partial charge in [0.2, 0.25) is 0 Å². The summed E-state index contributed by atoms with van der Waals surface area (Å²) in [6.45, 7) is 3.03. The Morgan fingerprint density at radius 3 is 2.58 bits per heavy atom. The fourth-order valence-corrected chi connectivity index (χ4v) is 5.47. The second kappa shape index (κ2) is 9.23. The van der Waals surface area contributed by atoms with Gasteiger partial charge in [-0.1, -0.05) is 60.0 Å². The van der Waals surface area contributed by atoms with E-state index in [1.807, 2.05) is 16.8 Å². The van der Waals surface area contributed by atoms with Crippen molar-refractivity contribution in [2.75, 3.05) is 18.4 Å². The first-order valence-corrected chi connectivity index (χ1v) is 12.0. The lowest BCUT2D eigenvalue weighted by atomic mass is 9.94.